The summed E-state index contributed by atoms with van der Waals surface area (Å²) in [4.78, 5) is 91.9. The number of ether oxygens (including phenoxy) is 4. The van der Waals surface area contributed by atoms with Crippen LogP contribution in [0.3, 0.4) is 0 Å². The highest BCUT2D eigenvalue weighted by Gasteiger charge is 2.39. The zero-order valence-corrected chi connectivity index (χ0v) is 38.7. The lowest BCUT2D eigenvalue weighted by Gasteiger charge is -2.37. The van der Waals surface area contributed by atoms with E-state index >= 15 is 0 Å². The molecule has 1 heterocycles. The Hall–Kier alpha value is -7.09. The van der Waals surface area contributed by atoms with E-state index in [0.717, 1.165) is 21.6 Å². The van der Waals surface area contributed by atoms with Crippen LogP contribution in [0.2, 0.25) is 0 Å². The van der Waals surface area contributed by atoms with Gasteiger partial charge in [-0.2, -0.15) is 0 Å². The van der Waals surface area contributed by atoms with Crippen molar-refractivity contribution in [2.45, 2.75) is 57.0 Å². The number of carbonyl (C=O) groups excluding carboxylic acids is 7. The number of nitrogens with one attached hydrogen (secondary N) is 5. The second-order valence-electron chi connectivity index (χ2n) is 15.9. The Balaban J connectivity index is 1.08. The standard InChI is InChI=1S/C51H60N6O12/c1-36(52-44(59)24-26-66-28-30-68-32-33-69-31-29-67-27-25-57-46(61)22-23-47(57)62)48(63)53-37(2)49(64)55-43(50(65)54-42-20-18-38(35-58)19-21-42)34-45(60)56-51(39-12-6-3-7-13-39,40-14-8-4-9-15-40)41-16-10-5-11-17-41/h3-23,36-37,43,58H,24-35H2,1-2H3,(H,52,59)(H,53,63)(H,54,65)(H,55,64)(H,56,60). The van der Waals surface area contributed by atoms with Gasteiger partial charge in [-0.1, -0.05) is 103 Å². The van der Waals surface area contributed by atoms with E-state index in [1.807, 2.05) is 91.0 Å². The van der Waals surface area contributed by atoms with Crippen molar-refractivity contribution in [3.05, 3.63) is 150 Å². The molecular formula is C51H60N6O12. The van der Waals surface area contributed by atoms with Gasteiger partial charge in [0.25, 0.3) is 11.8 Å². The first-order chi connectivity index (χ1) is 33.4. The van der Waals surface area contributed by atoms with Crippen molar-refractivity contribution in [2.75, 3.05) is 64.7 Å². The molecular weight excluding hydrogens is 889 g/mol. The van der Waals surface area contributed by atoms with Gasteiger partial charge in [0.15, 0.2) is 0 Å². The molecule has 18 nitrogen and oxygen atoms in total. The van der Waals surface area contributed by atoms with Crippen LogP contribution in [0.25, 0.3) is 0 Å². The zero-order chi connectivity index (χ0) is 49.4. The molecule has 5 rings (SSSR count). The maximum absolute atomic E-state index is 14.4. The molecule has 0 fully saturated rings. The average molecular weight is 949 g/mol. The van der Waals surface area contributed by atoms with E-state index in [9.17, 15) is 38.7 Å². The minimum Gasteiger partial charge on any atom is -0.392 e. The minimum absolute atomic E-state index is 0.0466. The van der Waals surface area contributed by atoms with Crippen LogP contribution in [0.15, 0.2) is 127 Å². The van der Waals surface area contributed by atoms with Crippen molar-refractivity contribution in [3.63, 3.8) is 0 Å². The monoisotopic (exact) mass is 948 g/mol. The molecule has 0 aliphatic carbocycles. The van der Waals surface area contributed by atoms with E-state index in [0.29, 0.717) is 37.7 Å². The molecule has 69 heavy (non-hydrogen) atoms. The summed E-state index contributed by atoms with van der Waals surface area (Å²) in [6.07, 6.45) is 1.90. The molecule has 3 atom stereocenters. The van der Waals surface area contributed by atoms with E-state index in [2.05, 4.69) is 26.6 Å². The van der Waals surface area contributed by atoms with E-state index in [-0.39, 0.29) is 57.8 Å². The highest BCUT2D eigenvalue weighted by Crippen LogP contribution is 2.37. The van der Waals surface area contributed by atoms with E-state index < -0.39 is 59.6 Å². The van der Waals surface area contributed by atoms with Gasteiger partial charge >= 0.3 is 0 Å². The number of carbonyl (C=O) groups is 7. The van der Waals surface area contributed by atoms with Crippen molar-refractivity contribution in [3.8, 4) is 0 Å². The van der Waals surface area contributed by atoms with Gasteiger partial charge in [0.2, 0.25) is 29.5 Å². The molecule has 366 valence electrons. The number of hydrogen-bond donors (Lipinski definition) is 6. The number of rotatable bonds is 29. The van der Waals surface area contributed by atoms with Crippen molar-refractivity contribution in [2.24, 2.45) is 0 Å². The topological polar surface area (TPSA) is 240 Å². The van der Waals surface area contributed by atoms with Gasteiger partial charge in [-0.05, 0) is 48.2 Å². The first kappa shape index (κ1) is 52.9. The number of hydrogen-bond acceptors (Lipinski definition) is 12. The summed E-state index contributed by atoms with van der Waals surface area (Å²) in [5.41, 5.74) is 2.04. The molecule has 0 bridgehead atoms. The first-order valence-electron chi connectivity index (χ1n) is 22.6. The number of nitrogens with zero attached hydrogens (tertiary/aromatic N) is 1. The number of benzene rings is 4. The van der Waals surface area contributed by atoms with Crippen LogP contribution < -0.4 is 26.6 Å². The van der Waals surface area contributed by atoms with E-state index in [1.54, 1.807) is 24.3 Å². The molecule has 0 spiro atoms. The first-order valence-corrected chi connectivity index (χ1v) is 22.6. The molecule has 6 N–H and O–H groups in total. The maximum atomic E-state index is 14.4. The van der Waals surface area contributed by atoms with Gasteiger partial charge in [0.05, 0.1) is 72.4 Å². The van der Waals surface area contributed by atoms with Crippen LogP contribution in [0.4, 0.5) is 5.69 Å². The minimum atomic E-state index is -1.42. The molecule has 0 aromatic heterocycles. The van der Waals surface area contributed by atoms with Crippen LogP contribution in [0.5, 0.6) is 0 Å². The lowest BCUT2D eigenvalue weighted by atomic mass is 9.77. The van der Waals surface area contributed by atoms with Crippen LogP contribution >= 0.6 is 0 Å². The lowest BCUT2D eigenvalue weighted by Crippen LogP contribution is -2.56. The molecule has 3 unspecified atom stereocenters. The average Bonchev–Trinajstić information content (AvgIpc) is 3.68. The normalized spacial score (nSPS) is 13.6. The maximum Gasteiger partial charge on any atom is 0.253 e. The molecule has 1 aliphatic rings. The number of aliphatic hydroxyl groups is 1. The Morgan fingerprint density at radius 3 is 1.49 bits per heavy atom. The fourth-order valence-electron chi connectivity index (χ4n) is 7.17. The molecule has 1 aliphatic heterocycles. The largest absolute Gasteiger partial charge is 0.392 e. The molecule has 0 radical (unpaired) electrons. The van der Waals surface area contributed by atoms with Crippen molar-refractivity contribution in [1.29, 1.82) is 0 Å². The summed E-state index contributed by atoms with van der Waals surface area (Å²) in [5.74, 6) is -3.87. The summed E-state index contributed by atoms with van der Waals surface area (Å²) >= 11 is 0. The molecule has 18 heteroatoms. The highest BCUT2D eigenvalue weighted by atomic mass is 16.6. The van der Waals surface area contributed by atoms with Gasteiger partial charge in [-0.25, -0.2) is 0 Å². The molecule has 4 aromatic carbocycles. The van der Waals surface area contributed by atoms with E-state index in [1.165, 1.54) is 26.0 Å². The molecule has 4 aromatic rings. The summed E-state index contributed by atoms with van der Waals surface area (Å²) < 4.78 is 21.7. The van der Waals surface area contributed by atoms with Gasteiger partial charge in [0.1, 0.15) is 23.7 Å². The van der Waals surface area contributed by atoms with E-state index in [4.69, 9.17) is 18.9 Å². The third kappa shape index (κ3) is 16.3. The lowest BCUT2D eigenvalue weighted by molar-refractivity contribution is -0.138. The number of anilines is 1. The predicted octanol–water partition coefficient (Wildman–Crippen LogP) is 2.49. The van der Waals surface area contributed by atoms with Crippen LogP contribution in [0.1, 0.15) is 48.9 Å². The third-order valence-electron chi connectivity index (χ3n) is 10.8. The van der Waals surface area contributed by atoms with Crippen LogP contribution in [0, 0.1) is 0 Å². The Morgan fingerprint density at radius 1 is 0.551 bits per heavy atom. The summed E-state index contributed by atoms with van der Waals surface area (Å²) in [5, 5.41) is 23.2. The van der Waals surface area contributed by atoms with Gasteiger partial charge in [-0.3, -0.25) is 38.5 Å². The van der Waals surface area contributed by atoms with Crippen LogP contribution in [-0.2, 0) is 64.7 Å². The second kappa shape index (κ2) is 27.7. The van der Waals surface area contributed by atoms with Crippen molar-refractivity contribution >= 4 is 47.0 Å². The molecule has 0 saturated carbocycles. The Kier molecular flexibility index (Phi) is 21.2. The smallest absolute Gasteiger partial charge is 0.253 e. The second-order valence-corrected chi connectivity index (χ2v) is 15.9. The zero-order valence-electron chi connectivity index (χ0n) is 38.7. The summed E-state index contributed by atoms with van der Waals surface area (Å²) in [6, 6.07) is 31.0. The van der Waals surface area contributed by atoms with Crippen LogP contribution in [-0.4, -0.2) is 129 Å². The Bertz CT molecular complexity index is 2220. The van der Waals surface area contributed by atoms with Crippen molar-refractivity contribution < 1.29 is 57.6 Å². The fourth-order valence-corrected chi connectivity index (χ4v) is 7.17. The Morgan fingerprint density at radius 2 is 1.00 bits per heavy atom. The third-order valence-corrected chi connectivity index (χ3v) is 10.8. The molecule has 0 saturated heterocycles. The van der Waals surface area contributed by atoms with Gasteiger partial charge in [0, 0.05) is 24.3 Å². The highest BCUT2D eigenvalue weighted by molar-refractivity contribution is 6.12. The van der Waals surface area contributed by atoms with Gasteiger partial charge in [-0.15, -0.1) is 0 Å². The molecule has 7 amide bonds. The Labute approximate surface area is 401 Å². The van der Waals surface area contributed by atoms with Gasteiger partial charge < -0.3 is 50.6 Å². The quantitative estimate of drug-likeness (QED) is 0.0262. The predicted molar refractivity (Wildman–Crippen MR) is 254 cm³/mol. The van der Waals surface area contributed by atoms with Crippen molar-refractivity contribution in [1.82, 2.24) is 26.2 Å². The fraction of sp³-hybridized carbons (Fsp3) is 0.353. The summed E-state index contributed by atoms with van der Waals surface area (Å²) in [6.45, 7) is 4.80. The SMILES string of the molecule is CC(NC(=O)CCOCCOCCOCCOCCN1C(=O)C=CC1=O)C(=O)NC(C)C(=O)NC(CC(=O)NC(c1ccccc1)(c1ccccc1)c1ccccc1)C(=O)Nc1ccc(CO)cc1. The summed E-state index contributed by atoms with van der Waals surface area (Å²) in [7, 11) is 0. The number of amides is 7. The number of aliphatic hydroxyl groups excluding tert-OH is 1. The number of imide groups is 1.